The molecule has 0 saturated carbocycles. The number of rotatable bonds is 10. The van der Waals surface area contributed by atoms with Crippen LogP contribution in [0.1, 0.15) is 39.7 Å². The van der Waals surface area contributed by atoms with E-state index in [0.717, 1.165) is 24.8 Å². The summed E-state index contributed by atoms with van der Waals surface area (Å²) in [5.74, 6) is 1.76. The number of amides is 2. The molecule has 3 aromatic rings. The molecule has 0 radical (unpaired) electrons. The molecular formula is C30H34N2O6S. The van der Waals surface area contributed by atoms with Gasteiger partial charge >= 0.3 is 0 Å². The molecule has 1 fully saturated rings. The highest BCUT2D eigenvalue weighted by atomic mass is 32.1. The molecule has 5 rings (SSSR count). The molecule has 1 aromatic heterocycles. The van der Waals surface area contributed by atoms with Crippen LogP contribution in [-0.4, -0.2) is 74.8 Å². The maximum Gasteiger partial charge on any atom is 0.254 e. The summed E-state index contributed by atoms with van der Waals surface area (Å²) in [6, 6.07) is 16.3. The third-order valence-electron chi connectivity index (χ3n) is 7.26. The monoisotopic (exact) mass is 550 g/mol. The van der Waals surface area contributed by atoms with Crippen LogP contribution in [0.15, 0.2) is 60.0 Å². The third-order valence-corrected chi connectivity index (χ3v) is 8.26. The summed E-state index contributed by atoms with van der Waals surface area (Å²) in [5.41, 5.74) is 1.62. The van der Waals surface area contributed by atoms with Gasteiger partial charge in [-0.05, 0) is 72.7 Å². The second kappa shape index (κ2) is 12.5. The van der Waals surface area contributed by atoms with E-state index in [-0.39, 0.29) is 30.5 Å². The van der Waals surface area contributed by atoms with E-state index in [2.05, 4.69) is 11.4 Å². The fourth-order valence-electron chi connectivity index (χ4n) is 5.16. The summed E-state index contributed by atoms with van der Waals surface area (Å²) in [6.45, 7) is 1.91. The normalized spacial score (nSPS) is 18.4. The summed E-state index contributed by atoms with van der Waals surface area (Å²) >= 11 is 1.71. The summed E-state index contributed by atoms with van der Waals surface area (Å²) in [5, 5.41) is 2.06. The van der Waals surface area contributed by atoms with Gasteiger partial charge in [0.05, 0.1) is 26.4 Å². The average Bonchev–Trinajstić information content (AvgIpc) is 3.67. The predicted molar refractivity (Wildman–Crippen MR) is 149 cm³/mol. The first-order valence-electron chi connectivity index (χ1n) is 13.2. The van der Waals surface area contributed by atoms with Gasteiger partial charge in [0.1, 0.15) is 30.4 Å². The fraction of sp³-hybridized carbons (Fsp3) is 0.400. The zero-order valence-electron chi connectivity index (χ0n) is 22.3. The van der Waals surface area contributed by atoms with Crippen LogP contribution in [0.2, 0.25) is 0 Å². The lowest BCUT2D eigenvalue weighted by Gasteiger charge is -2.37. The summed E-state index contributed by atoms with van der Waals surface area (Å²) in [6.07, 6.45) is 2.54. The van der Waals surface area contributed by atoms with Crippen molar-refractivity contribution in [3.8, 4) is 17.2 Å². The van der Waals surface area contributed by atoms with E-state index in [1.165, 1.54) is 4.88 Å². The van der Waals surface area contributed by atoms with Crippen molar-refractivity contribution in [1.82, 2.24) is 9.80 Å². The topological polar surface area (TPSA) is 77.5 Å². The molecule has 2 amide bonds. The predicted octanol–water partition coefficient (Wildman–Crippen LogP) is 4.59. The molecule has 3 heterocycles. The Hall–Kier alpha value is -3.56. The maximum absolute atomic E-state index is 13.9. The number of fused-ring (bicyclic) bond motifs is 1. The Morgan fingerprint density at radius 1 is 1.05 bits per heavy atom. The molecule has 8 nitrogen and oxygen atoms in total. The van der Waals surface area contributed by atoms with Gasteiger partial charge in [0, 0.05) is 36.2 Å². The number of carbonyl (C=O) groups excluding carboxylic acids is 2. The lowest BCUT2D eigenvalue weighted by molar-refractivity contribution is -0.135. The molecule has 0 aliphatic carbocycles. The molecular weight excluding hydrogens is 516 g/mol. The Kier molecular flexibility index (Phi) is 8.68. The molecule has 0 bridgehead atoms. The van der Waals surface area contributed by atoms with Crippen molar-refractivity contribution in [2.45, 2.75) is 31.4 Å². The lowest BCUT2D eigenvalue weighted by Crippen LogP contribution is -2.49. The molecule has 2 aliphatic rings. The number of nitrogens with zero attached hydrogens (tertiary/aromatic N) is 2. The van der Waals surface area contributed by atoms with Gasteiger partial charge in [0.25, 0.3) is 5.91 Å². The summed E-state index contributed by atoms with van der Waals surface area (Å²) < 4.78 is 22.6. The van der Waals surface area contributed by atoms with Gasteiger partial charge in [-0.3, -0.25) is 9.59 Å². The van der Waals surface area contributed by atoms with E-state index in [1.807, 2.05) is 29.2 Å². The van der Waals surface area contributed by atoms with Crippen LogP contribution in [0.25, 0.3) is 0 Å². The largest absolute Gasteiger partial charge is 0.497 e. The van der Waals surface area contributed by atoms with E-state index >= 15 is 0 Å². The van der Waals surface area contributed by atoms with Gasteiger partial charge in [0.15, 0.2) is 0 Å². The van der Waals surface area contributed by atoms with Crippen LogP contribution in [0.3, 0.4) is 0 Å². The van der Waals surface area contributed by atoms with Gasteiger partial charge in [-0.25, -0.2) is 0 Å². The van der Waals surface area contributed by atoms with Crippen molar-refractivity contribution in [1.29, 1.82) is 0 Å². The molecule has 39 heavy (non-hydrogen) atoms. The second-order valence-electron chi connectivity index (χ2n) is 9.69. The highest BCUT2D eigenvalue weighted by Gasteiger charge is 2.34. The minimum absolute atomic E-state index is 0.0279. The van der Waals surface area contributed by atoms with Gasteiger partial charge in [-0.2, -0.15) is 0 Å². The highest BCUT2D eigenvalue weighted by molar-refractivity contribution is 7.10. The minimum atomic E-state index is -0.251. The van der Waals surface area contributed by atoms with Crippen LogP contribution in [0, 0.1) is 0 Å². The number of methoxy groups -OCH3 is 2. The Labute approximate surface area is 233 Å². The van der Waals surface area contributed by atoms with Gasteiger partial charge in [-0.15, -0.1) is 11.3 Å². The summed E-state index contributed by atoms with van der Waals surface area (Å²) in [7, 11) is 3.21. The number of thiophene rings is 1. The van der Waals surface area contributed by atoms with E-state index < -0.39 is 0 Å². The molecule has 2 aliphatic heterocycles. The van der Waals surface area contributed by atoms with Crippen LogP contribution < -0.4 is 14.2 Å². The Morgan fingerprint density at radius 2 is 1.85 bits per heavy atom. The number of ether oxygens (including phenoxy) is 4. The van der Waals surface area contributed by atoms with E-state index in [1.54, 1.807) is 54.7 Å². The minimum Gasteiger partial charge on any atom is -0.497 e. The molecule has 1 saturated heterocycles. The number of hydrogen-bond acceptors (Lipinski definition) is 7. The number of hydrogen-bond donors (Lipinski definition) is 0. The smallest absolute Gasteiger partial charge is 0.254 e. The van der Waals surface area contributed by atoms with Gasteiger partial charge in [-0.1, -0.05) is 6.07 Å². The van der Waals surface area contributed by atoms with E-state index in [9.17, 15) is 9.59 Å². The van der Waals surface area contributed by atoms with Crippen molar-refractivity contribution in [2.24, 2.45) is 0 Å². The highest BCUT2D eigenvalue weighted by Crippen LogP contribution is 2.34. The first kappa shape index (κ1) is 27.0. The van der Waals surface area contributed by atoms with Crippen molar-refractivity contribution >= 4 is 23.2 Å². The standard InChI is InChI=1S/C30H34N2O6S/c1-35-22-10-8-21(9-11-22)30(34)31(18-25-7-4-15-37-25)19-29(33)32-14-12-28-26(13-16-39-28)27(32)20-38-24-6-3-5-23(17-24)36-2/h3,5-6,8-11,13,16-17,25,27H,4,7,12,14-15,18-20H2,1-2H3/t25-,27+/m1/s1. The van der Waals surface area contributed by atoms with Crippen LogP contribution in [0.4, 0.5) is 0 Å². The molecule has 9 heteroatoms. The van der Waals surface area contributed by atoms with Crippen molar-refractivity contribution in [2.75, 3.05) is 47.1 Å². The van der Waals surface area contributed by atoms with E-state index in [4.69, 9.17) is 18.9 Å². The average molecular weight is 551 g/mol. The molecule has 2 aromatic carbocycles. The Balaban J connectivity index is 1.34. The van der Waals surface area contributed by atoms with Crippen LogP contribution >= 0.6 is 11.3 Å². The first-order valence-corrected chi connectivity index (χ1v) is 14.1. The third kappa shape index (κ3) is 6.37. The Morgan fingerprint density at radius 3 is 2.59 bits per heavy atom. The molecule has 0 spiro atoms. The molecule has 2 atom stereocenters. The van der Waals surface area contributed by atoms with Crippen molar-refractivity contribution in [3.63, 3.8) is 0 Å². The maximum atomic E-state index is 13.9. The quantitative estimate of drug-likeness (QED) is 0.368. The van der Waals surface area contributed by atoms with Gasteiger partial charge in [0.2, 0.25) is 5.91 Å². The summed E-state index contributed by atoms with van der Waals surface area (Å²) in [4.78, 5) is 32.2. The van der Waals surface area contributed by atoms with E-state index in [0.29, 0.717) is 49.1 Å². The lowest BCUT2D eigenvalue weighted by atomic mass is 10.00. The molecule has 0 N–H and O–H groups in total. The molecule has 206 valence electrons. The van der Waals surface area contributed by atoms with Crippen molar-refractivity contribution in [3.05, 3.63) is 76.0 Å². The van der Waals surface area contributed by atoms with Crippen LogP contribution in [-0.2, 0) is 16.0 Å². The van der Waals surface area contributed by atoms with Gasteiger partial charge < -0.3 is 28.7 Å². The molecule has 0 unspecified atom stereocenters. The number of benzene rings is 2. The van der Waals surface area contributed by atoms with Crippen LogP contribution in [0.5, 0.6) is 17.2 Å². The fourth-order valence-corrected chi connectivity index (χ4v) is 6.09. The zero-order valence-corrected chi connectivity index (χ0v) is 23.2. The first-order chi connectivity index (χ1) is 19.1. The Bertz CT molecular complexity index is 1270. The zero-order chi connectivity index (χ0) is 27.2. The second-order valence-corrected chi connectivity index (χ2v) is 10.7. The number of carbonyl (C=O) groups is 2. The van der Waals surface area contributed by atoms with Crippen molar-refractivity contribution < 1.29 is 28.5 Å². The SMILES string of the molecule is COc1ccc(C(=O)N(CC(=O)N2CCc3sccc3[C@@H]2COc2cccc(OC)c2)C[C@H]2CCCO2)cc1.